The van der Waals surface area contributed by atoms with Gasteiger partial charge >= 0.3 is 17.9 Å². The lowest BCUT2D eigenvalue weighted by Gasteiger charge is -2.22. The first-order chi connectivity index (χ1) is 16.1. The summed E-state index contributed by atoms with van der Waals surface area (Å²) < 4.78 is 16.4. The molecule has 0 amide bonds. The Morgan fingerprint density at radius 3 is 1.45 bits per heavy atom. The van der Waals surface area contributed by atoms with E-state index in [1.54, 1.807) is 60.7 Å². The van der Waals surface area contributed by atoms with Crippen LogP contribution in [0, 0.1) is 0 Å². The van der Waals surface area contributed by atoms with Crippen LogP contribution in [0.4, 0.5) is 0 Å². The average molecular weight is 444 g/mol. The van der Waals surface area contributed by atoms with E-state index in [2.05, 4.69) is 0 Å². The molecule has 1 saturated carbocycles. The molecule has 33 heavy (non-hydrogen) atoms. The highest BCUT2D eigenvalue weighted by Gasteiger charge is 2.23. The Bertz CT molecular complexity index is 1050. The Hall–Kier alpha value is -3.93. The van der Waals surface area contributed by atoms with Crippen molar-refractivity contribution in [1.29, 1.82) is 0 Å². The van der Waals surface area contributed by atoms with Crippen LogP contribution in [0.15, 0.2) is 78.9 Å². The molecule has 4 rings (SSSR count). The number of para-hydroxylation sites is 2. The van der Waals surface area contributed by atoms with Gasteiger partial charge in [-0.1, -0.05) is 42.8 Å². The SMILES string of the molecule is O=C(Oc1ccccc1)c1cc(C(=O)Oc2ccccc2)cc(C(=O)OC2CCCCC2)c1. The molecule has 0 spiro atoms. The monoisotopic (exact) mass is 444 g/mol. The summed E-state index contributed by atoms with van der Waals surface area (Å²) >= 11 is 0. The van der Waals surface area contributed by atoms with Crippen molar-refractivity contribution in [3.8, 4) is 11.5 Å². The Balaban J connectivity index is 1.60. The predicted molar refractivity (Wildman–Crippen MR) is 122 cm³/mol. The minimum atomic E-state index is -0.692. The first-order valence-corrected chi connectivity index (χ1v) is 11.0. The molecule has 168 valence electrons. The molecule has 0 saturated heterocycles. The maximum atomic E-state index is 12.9. The van der Waals surface area contributed by atoms with Crippen LogP contribution in [0.1, 0.15) is 63.2 Å². The zero-order chi connectivity index (χ0) is 23.0. The number of esters is 3. The molecule has 6 heteroatoms. The van der Waals surface area contributed by atoms with Crippen molar-refractivity contribution >= 4 is 17.9 Å². The van der Waals surface area contributed by atoms with E-state index >= 15 is 0 Å². The molecule has 0 unspecified atom stereocenters. The molecule has 1 aliphatic carbocycles. The summed E-state index contributed by atoms with van der Waals surface area (Å²) in [4.78, 5) is 38.4. The van der Waals surface area contributed by atoms with Gasteiger partial charge in [0.1, 0.15) is 17.6 Å². The molecule has 0 bridgehead atoms. The minimum Gasteiger partial charge on any atom is -0.459 e. The van der Waals surface area contributed by atoms with Crippen LogP contribution in [0.5, 0.6) is 11.5 Å². The Labute approximate surface area is 192 Å². The largest absolute Gasteiger partial charge is 0.459 e. The lowest BCUT2D eigenvalue weighted by molar-refractivity contribution is 0.0211. The van der Waals surface area contributed by atoms with E-state index in [-0.39, 0.29) is 22.8 Å². The van der Waals surface area contributed by atoms with Gasteiger partial charge in [0.15, 0.2) is 0 Å². The second-order valence-corrected chi connectivity index (χ2v) is 7.87. The first-order valence-electron chi connectivity index (χ1n) is 11.0. The fourth-order valence-electron chi connectivity index (χ4n) is 3.69. The average Bonchev–Trinajstić information content (AvgIpc) is 2.85. The van der Waals surface area contributed by atoms with Crippen LogP contribution in [-0.2, 0) is 4.74 Å². The second kappa shape index (κ2) is 10.6. The van der Waals surface area contributed by atoms with Gasteiger partial charge < -0.3 is 14.2 Å². The number of hydrogen-bond donors (Lipinski definition) is 0. The lowest BCUT2D eigenvalue weighted by atomic mass is 9.97. The Kier molecular flexibility index (Phi) is 7.15. The van der Waals surface area contributed by atoms with Crippen LogP contribution < -0.4 is 9.47 Å². The van der Waals surface area contributed by atoms with E-state index < -0.39 is 17.9 Å². The molecule has 0 N–H and O–H groups in total. The third kappa shape index (κ3) is 6.07. The lowest BCUT2D eigenvalue weighted by Crippen LogP contribution is -2.22. The fourth-order valence-corrected chi connectivity index (χ4v) is 3.69. The summed E-state index contributed by atoms with van der Waals surface area (Å²) in [5.74, 6) is -1.26. The van der Waals surface area contributed by atoms with Crippen LogP contribution in [0.3, 0.4) is 0 Å². The topological polar surface area (TPSA) is 78.9 Å². The van der Waals surface area contributed by atoms with Gasteiger partial charge in [0, 0.05) is 0 Å². The summed E-state index contributed by atoms with van der Waals surface area (Å²) in [6.07, 6.45) is 4.61. The third-order valence-electron chi connectivity index (χ3n) is 5.37. The number of carbonyl (C=O) groups excluding carboxylic acids is 3. The fraction of sp³-hybridized carbons (Fsp3) is 0.222. The van der Waals surface area contributed by atoms with E-state index in [0.29, 0.717) is 11.5 Å². The highest BCUT2D eigenvalue weighted by atomic mass is 16.5. The predicted octanol–water partition coefficient (Wildman–Crippen LogP) is 5.61. The Morgan fingerprint density at radius 2 is 1.00 bits per heavy atom. The van der Waals surface area contributed by atoms with E-state index in [1.807, 2.05) is 0 Å². The molecule has 0 atom stereocenters. The number of carbonyl (C=O) groups is 3. The number of hydrogen-bond acceptors (Lipinski definition) is 6. The summed E-state index contributed by atoms with van der Waals surface area (Å²) in [6, 6.07) is 21.3. The molecule has 0 aliphatic heterocycles. The van der Waals surface area contributed by atoms with Gasteiger partial charge in [-0.05, 0) is 68.1 Å². The van der Waals surface area contributed by atoms with Crippen molar-refractivity contribution in [3.05, 3.63) is 95.6 Å². The molecule has 6 nitrogen and oxygen atoms in total. The smallest absolute Gasteiger partial charge is 0.343 e. The standard InChI is InChI=1S/C27H24O6/c28-25(31-22-10-4-1-5-11-22)19-16-20(26(29)32-23-12-6-2-7-13-23)18-21(17-19)27(30)33-24-14-8-3-9-15-24/h1-2,4-7,10-13,16-18,24H,3,8-9,14-15H2. The van der Waals surface area contributed by atoms with Crippen molar-refractivity contribution in [1.82, 2.24) is 0 Å². The van der Waals surface area contributed by atoms with Crippen LogP contribution in [0.25, 0.3) is 0 Å². The third-order valence-corrected chi connectivity index (χ3v) is 5.37. The zero-order valence-electron chi connectivity index (χ0n) is 18.1. The van der Waals surface area contributed by atoms with E-state index in [4.69, 9.17) is 14.2 Å². The number of rotatable bonds is 6. The highest BCUT2D eigenvalue weighted by molar-refractivity contribution is 6.01. The number of benzene rings is 3. The maximum Gasteiger partial charge on any atom is 0.343 e. The van der Waals surface area contributed by atoms with Crippen molar-refractivity contribution < 1.29 is 28.6 Å². The molecule has 3 aromatic carbocycles. The minimum absolute atomic E-state index is 0.0527. The van der Waals surface area contributed by atoms with Crippen molar-refractivity contribution in [2.24, 2.45) is 0 Å². The van der Waals surface area contributed by atoms with Crippen LogP contribution in [0.2, 0.25) is 0 Å². The van der Waals surface area contributed by atoms with Gasteiger partial charge in [-0.25, -0.2) is 14.4 Å². The van der Waals surface area contributed by atoms with Crippen LogP contribution in [-0.4, -0.2) is 24.0 Å². The first kappa shape index (κ1) is 22.3. The van der Waals surface area contributed by atoms with Crippen molar-refractivity contribution in [2.75, 3.05) is 0 Å². The molecular formula is C27H24O6. The summed E-state index contributed by atoms with van der Waals surface area (Å²) in [6.45, 7) is 0. The zero-order valence-corrected chi connectivity index (χ0v) is 18.1. The van der Waals surface area contributed by atoms with Gasteiger partial charge in [-0.3, -0.25) is 0 Å². The number of ether oxygens (including phenoxy) is 3. The second-order valence-electron chi connectivity index (χ2n) is 7.87. The van der Waals surface area contributed by atoms with E-state index in [0.717, 1.165) is 32.1 Å². The molecule has 1 aliphatic rings. The van der Waals surface area contributed by atoms with Gasteiger partial charge in [0.2, 0.25) is 0 Å². The van der Waals surface area contributed by atoms with E-state index in [9.17, 15) is 14.4 Å². The quantitative estimate of drug-likeness (QED) is 0.363. The summed E-state index contributed by atoms with van der Waals surface area (Å²) in [5, 5.41) is 0. The molecule has 3 aromatic rings. The summed E-state index contributed by atoms with van der Waals surface area (Å²) in [7, 11) is 0. The molecule has 1 fully saturated rings. The van der Waals surface area contributed by atoms with Crippen LogP contribution >= 0.6 is 0 Å². The van der Waals surface area contributed by atoms with Gasteiger partial charge in [0.05, 0.1) is 16.7 Å². The molecular weight excluding hydrogens is 420 g/mol. The summed E-state index contributed by atoms with van der Waals surface area (Å²) in [5.41, 5.74) is 0.206. The normalized spacial score (nSPS) is 13.7. The van der Waals surface area contributed by atoms with Crippen molar-refractivity contribution in [2.45, 2.75) is 38.2 Å². The molecule has 0 aromatic heterocycles. The highest BCUT2D eigenvalue weighted by Crippen LogP contribution is 2.23. The van der Waals surface area contributed by atoms with Gasteiger partial charge in [-0.2, -0.15) is 0 Å². The molecule has 0 radical (unpaired) electrons. The Morgan fingerprint density at radius 1 is 0.576 bits per heavy atom. The van der Waals surface area contributed by atoms with Crippen molar-refractivity contribution in [3.63, 3.8) is 0 Å². The van der Waals surface area contributed by atoms with E-state index in [1.165, 1.54) is 18.2 Å². The van der Waals surface area contributed by atoms with Gasteiger partial charge in [0.25, 0.3) is 0 Å². The maximum absolute atomic E-state index is 12.9. The molecule has 0 heterocycles. The van der Waals surface area contributed by atoms with Gasteiger partial charge in [-0.15, -0.1) is 0 Å².